The Balaban J connectivity index is 1.59. The zero-order chi connectivity index (χ0) is 20.1. The lowest BCUT2D eigenvalue weighted by molar-refractivity contribution is -0.122. The fourth-order valence-electron chi connectivity index (χ4n) is 2.92. The summed E-state index contributed by atoms with van der Waals surface area (Å²) in [7, 11) is 1.50. The molecule has 1 heterocycles. The van der Waals surface area contributed by atoms with Crippen LogP contribution < -0.4 is 20.3 Å². The molecule has 0 fully saturated rings. The van der Waals surface area contributed by atoms with Crippen molar-refractivity contribution in [1.29, 1.82) is 0 Å². The van der Waals surface area contributed by atoms with Crippen LogP contribution in [0, 0.1) is 0 Å². The molecule has 0 atom stereocenters. The lowest BCUT2D eigenvalue weighted by atomic mass is 10.1. The van der Waals surface area contributed by atoms with E-state index < -0.39 is 0 Å². The maximum atomic E-state index is 12.6. The first-order chi connectivity index (χ1) is 13.5. The quantitative estimate of drug-likeness (QED) is 0.806. The number of para-hydroxylation sites is 2. The average Bonchev–Trinajstić information content (AvgIpc) is 2.72. The Bertz CT molecular complexity index is 916. The summed E-state index contributed by atoms with van der Waals surface area (Å²) in [5.41, 5.74) is 1.42. The fraction of sp³-hybridized carbons (Fsp3) is 0.250. The third-order valence-electron chi connectivity index (χ3n) is 4.32. The van der Waals surface area contributed by atoms with Crippen molar-refractivity contribution in [3.05, 3.63) is 53.1 Å². The zero-order valence-electron chi connectivity index (χ0n) is 15.3. The molecule has 28 heavy (non-hydrogen) atoms. The Morgan fingerprint density at radius 1 is 1.14 bits per heavy atom. The predicted molar refractivity (Wildman–Crippen MR) is 107 cm³/mol. The number of fused-ring (bicyclic) bond motifs is 1. The molecule has 0 unspecified atom stereocenters. The van der Waals surface area contributed by atoms with Crippen molar-refractivity contribution >= 4 is 40.7 Å². The van der Waals surface area contributed by atoms with E-state index in [1.165, 1.54) is 19.2 Å². The van der Waals surface area contributed by atoms with E-state index in [9.17, 15) is 14.4 Å². The largest absolute Gasteiger partial charge is 0.490 e. The molecule has 0 spiro atoms. The number of nitrogens with one attached hydrogen (secondary N) is 2. The Kier molecular flexibility index (Phi) is 6.16. The highest BCUT2D eigenvalue weighted by molar-refractivity contribution is 6.34. The normalized spacial score (nSPS) is 12.6. The van der Waals surface area contributed by atoms with Gasteiger partial charge in [-0.1, -0.05) is 23.7 Å². The van der Waals surface area contributed by atoms with E-state index in [1.807, 2.05) is 24.3 Å². The lowest BCUT2D eigenvalue weighted by Gasteiger charge is -2.29. The van der Waals surface area contributed by atoms with E-state index in [0.717, 1.165) is 0 Å². The molecule has 2 aromatic rings. The van der Waals surface area contributed by atoms with E-state index in [1.54, 1.807) is 11.0 Å². The lowest BCUT2D eigenvalue weighted by Crippen LogP contribution is -2.38. The number of amides is 3. The molecule has 7 nitrogen and oxygen atoms in total. The predicted octanol–water partition coefficient (Wildman–Crippen LogP) is 2.84. The third kappa shape index (κ3) is 4.43. The Labute approximate surface area is 167 Å². The molecule has 0 aromatic heterocycles. The minimum atomic E-state index is -0.345. The molecule has 0 bridgehead atoms. The highest BCUT2D eigenvalue weighted by Gasteiger charge is 2.23. The highest BCUT2D eigenvalue weighted by Crippen LogP contribution is 2.31. The number of ether oxygens (including phenoxy) is 1. The van der Waals surface area contributed by atoms with E-state index >= 15 is 0 Å². The van der Waals surface area contributed by atoms with E-state index in [2.05, 4.69) is 10.6 Å². The fourth-order valence-corrected chi connectivity index (χ4v) is 3.12. The second kappa shape index (κ2) is 8.75. The molecule has 2 aromatic carbocycles. The van der Waals surface area contributed by atoms with Crippen LogP contribution in [0.3, 0.4) is 0 Å². The summed E-state index contributed by atoms with van der Waals surface area (Å²) in [6, 6.07) is 12.0. The second-order valence-corrected chi connectivity index (χ2v) is 6.59. The van der Waals surface area contributed by atoms with Gasteiger partial charge < -0.3 is 20.3 Å². The van der Waals surface area contributed by atoms with Crippen LogP contribution >= 0.6 is 11.6 Å². The molecule has 2 N–H and O–H groups in total. The number of anilines is 2. The molecule has 8 heteroatoms. The van der Waals surface area contributed by atoms with Gasteiger partial charge in [-0.3, -0.25) is 14.4 Å². The molecule has 3 rings (SSSR count). The topological polar surface area (TPSA) is 87.7 Å². The van der Waals surface area contributed by atoms with Crippen LogP contribution in [0.15, 0.2) is 42.5 Å². The number of halogens is 1. The van der Waals surface area contributed by atoms with Crippen LogP contribution in [0.5, 0.6) is 5.75 Å². The van der Waals surface area contributed by atoms with Gasteiger partial charge in [-0.15, -0.1) is 0 Å². The van der Waals surface area contributed by atoms with Gasteiger partial charge in [0.2, 0.25) is 11.8 Å². The maximum Gasteiger partial charge on any atom is 0.252 e. The smallest absolute Gasteiger partial charge is 0.252 e. The van der Waals surface area contributed by atoms with Crippen molar-refractivity contribution in [2.24, 2.45) is 0 Å². The van der Waals surface area contributed by atoms with Crippen LogP contribution in [0.1, 0.15) is 23.2 Å². The molecule has 1 aliphatic rings. The minimum absolute atomic E-state index is 0.0241. The van der Waals surface area contributed by atoms with E-state index in [4.69, 9.17) is 16.3 Å². The average molecular weight is 402 g/mol. The van der Waals surface area contributed by atoms with Crippen molar-refractivity contribution in [1.82, 2.24) is 5.32 Å². The molecule has 146 valence electrons. The summed E-state index contributed by atoms with van der Waals surface area (Å²) < 4.78 is 5.54. The summed E-state index contributed by atoms with van der Waals surface area (Å²) in [6.45, 7) is 0.867. The van der Waals surface area contributed by atoms with Crippen LogP contribution in [0.25, 0.3) is 0 Å². The summed E-state index contributed by atoms with van der Waals surface area (Å²) >= 11 is 6.00. The summed E-state index contributed by atoms with van der Waals surface area (Å²) in [6.07, 6.45) is 0.0896. The standard InChI is InChI=1S/C20H20ClN3O4/c1-22-20(27)14-12-13(6-7-15(14)21)23-18(25)8-9-19(26)24-10-11-28-17-5-3-2-4-16(17)24/h2-7,12H,8-11H2,1H3,(H,22,27)(H,23,25). The van der Waals surface area contributed by atoms with E-state index in [0.29, 0.717) is 35.3 Å². The maximum absolute atomic E-state index is 12.6. The van der Waals surface area contributed by atoms with Crippen LogP contribution in [-0.4, -0.2) is 37.9 Å². The van der Waals surface area contributed by atoms with Gasteiger partial charge in [0, 0.05) is 25.6 Å². The Morgan fingerprint density at radius 3 is 2.71 bits per heavy atom. The van der Waals surface area contributed by atoms with E-state index in [-0.39, 0.29) is 36.1 Å². The number of hydrogen-bond donors (Lipinski definition) is 2. The SMILES string of the molecule is CNC(=O)c1cc(NC(=O)CCC(=O)N2CCOc3ccccc32)ccc1Cl. The summed E-state index contributed by atoms with van der Waals surface area (Å²) in [4.78, 5) is 38.2. The molecule has 3 amide bonds. The molecule has 0 radical (unpaired) electrons. The molecular formula is C20H20ClN3O4. The van der Waals surface area contributed by atoms with Crippen LogP contribution in [-0.2, 0) is 9.59 Å². The Hall–Kier alpha value is -3.06. The number of rotatable bonds is 5. The van der Waals surface area contributed by atoms with Crippen molar-refractivity contribution < 1.29 is 19.1 Å². The summed E-state index contributed by atoms with van der Waals surface area (Å²) in [5, 5.41) is 5.47. The van der Waals surface area contributed by atoms with Gasteiger partial charge in [-0.25, -0.2) is 0 Å². The second-order valence-electron chi connectivity index (χ2n) is 6.18. The number of carbonyl (C=O) groups excluding carboxylic acids is 3. The number of benzene rings is 2. The number of nitrogens with zero attached hydrogens (tertiary/aromatic N) is 1. The zero-order valence-corrected chi connectivity index (χ0v) is 16.1. The number of hydrogen-bond acceptors (Lipinski definition) is 4. The van der Waals surface area contributed by atoms with Crippen molar-refractivity contribution in [2.75, 3.05) is 30.4 Å². The first kappa shape index (κ1) is 19.7. The van der Waals surface area contributed by atoms with Gasteiger partial charge in [0.15, 0.2) is 0 Å². The third-order valence-corrected chi connectivity index (χ3v) is 4.65. The summed E-state index contributed by atoms with van der Waals surface area (Å²) in [5.74, 6) is -0.148. The van der Waals surface area contributed by atoms with Gasteiger partial charge in [0.05, 0.1) is 22.8 Å². The highest BCUT2D eigenvalue weighted by atomic mass is 35.5. The minimum Gasteiger partial charge on any atom is -0.490 e. The van der Waals surface area contributed by atoms with Crippen LogP contribution in [0.4, 0.5) is 11.4 Å². The monoisotopic (exact) mass is 401 g/mol. The van der Waals surface area contributed by atoms with Gasteiger partial charge in [-0.05, 0) is 30.3 Å². The van der Waals surface area contributed by atoms with Crippen molar-refractivity contribution in [3.63, 3.8) is 0 Å². The van der Waals surface area contributed by atoms with Gasteiger partial charge in [-0.2, -0.15) is 0 Å². The molecule has 0 aliphatic carbocycles. The van der Waals surface area contributed by atoms with Gasteiger partial charge in [0.25, 0.3) is 5.91 Å². The van der Waals surface area contributed by atoms with Crippen LogP contribution in [0.2, 0.25) is 5.02 Å². The number of carbonyl (C=O) groups is 3. The molecule has 1 aliphatic heterocycles. The van der Waals surface area contributed by atoms with Crippen molar-refractivity contribution in [3.8, 4) is 5.75 Å². The van der Waals surface area contributed by atoms with Crippen molar-refractivity contribution in [2.45, 2.75) is 12.8 Å². The molecule has 0 saturated heterocycles. The Morgan fingerprint density at radius 2 is 1.93 bits per heavy atom. The van der Waals surface area contributed by atoms with Gasteiger partial charge >= 0.3 is 0 Å². The van der Waals surface area contributed by atoms with Gasteiger partial charge in [0.1, 0.15) is 12.4 Å². The first-order valence-electron chi connectivity index (χ1n) is 8.83. The first-order valence-corrected chi connectivity index (χ1v) is 9.21. The molecule has 0 saturated carbocycles. The molecular weight excluding hydrogens is 382 g/mol.